The van der Waals surface area contributed by atoms with E-state index in [1.165, 1.54) is 0 Å². The maximum atomic E-state index is 11.1. The molecule has 5 nitrogen and oxygen atoms in total. The monoisotopic (exact) mass is 268 g/mol. The molecule has 1 aromatic heterocycles. The number of carbonyl (C=O) groups excluding carboxylic acids is 1. The van der Waals surface area contributed by atoms with E-state index in [0.717, 1.165) is 30.9 Å². The summed E-state index contributed by atoms with van der Waals surface area (Å²) in [5.74, 6) is 1.59. The standard InChI is InChI=1S/C12H17ClN4O/c1-2-3-10-16-9(13)6-11(17-10)14-7-8-4-5-12(18)15-8/h6,8H,2-5,7H2,1H3,(H,15,18)(H,14,16,17). The van der Waals surface area contributed by atoms with Crippen molar-refractivity contribution >= 4 is 23.3 Å². The van der Waals surface area contributed by atoms with Crippen LogP contribution in [0.5, 0.6) is 0 Å². The Hall–Kier alpha value is -1.36. The number of aryl methyl sites for hydroxylation is 1. The number of nitrogens with one attached hydrogen (secondary N) is 2. The molecule has 1 atom stereocenters. The summed E-state index contributed by atoms with van der Waals surface area (Å²) < 4.78 is 0. The van der Waals surface area contributed by atoms with Gasteiger partial charge >= 0.3 is 0 Å². The van der Waals surface area contributed by atoms with Crippen LogP contribution in [0.2, 0.25) is 5.15 Å². The summed E-state index contributed by atoms with van der Waals surface area (Å²) in [6.45, 7) is 2.75. The van der Waals surface area contributed by atoms with Crippen LogP contribution in [0.3, 0.4) is 0 Å². The third kappa shape index (κ3) is 3.57. The molecular weight excluding hydrogens is 252 g/mol. The summed E-state index contributed by atoms with van der Waals surface area (Å²) in [5, 5.41) is 6.55. The Kier molecular flexibility index (Phi) is 4.36. The van der Waals surface area contributed by atoms with Crippen LogP contribution in [0.25, 0.3) is 0 Å². The number of anilines is 1. The Morgan fingerprint density at radius 3 is 3.06 bits per heavy atom. The molecule has 98 valence electrons. The number of hydrogen-bond donors (Lipinski definition) is 2. The second-order valence-electron chi connectivity index (χ2n) is 4.43. The molecule has 1 unspecified atom stereocenters. The van der Waals surface area contributed by atoms with Crippen molar-refractivity contribution in [3.63, 3.8) is 0 Å². The lowest BCUT2D eigenvalue weighted by molar-refractivity contribution is -0.119. The molecule has 0 bridgehead atoms. The molecule has 6 heteroatoms. The zero-order valence-corrected chi connectivity index (χ0v) is 11.1. The summed E-state index contributed by atoms with van der Waals surface area (Å²) in [6, 6.07) is 1.89. The first-order chi connectivity index (χ1) is 8.67. The van der Waals surface area contributed by atoms with Crippen LogP contribution in [-0.2, 0) is 11.2 Å². The van der Waals surface area contributed by atoms with Crippen LogP contribution in [0, 0.1) is 0 Å². The van der Waals surface area contributed by atoms with Crippen molar-refractivity contribution in [3.05, 3.63) is 17.0 Å². The molecule has 1 fully saturated rings. The molecule has 0 aliphatic carbocycles. The summed E-state index contributed by atoms with van der Waals surface area (Å²) in [6.07, 6.45) is 3.28. The number of nitrogens with zero attached hydrogens (tertiary/aromatic N) is 2. The van der Waals surface area contributed by atoms with E-state index in [1.807, 2.05) is 0 Å². The van der Waals surface area contributed by atoms with Gasteiger partial charge in [0, 0.05) is 31.5 Å². The van der Waals surface area contributed by atoms with Crippen molar-refractivity contribution in [2.45, 2.75) is 38.6 Å². The molecule has 2 N–H and O–H groups in total. The van der Waals surface area contributed by atoms with E-state index in [2.05, 4.69) is 27.5 Å². The van der Waals surface area contributed by atoms with Crippen LogP contribution >= 0.6 is 11.6 Å². The van der Waals surface area contributed by atoms with Gasteiger partial charge in [-0.3, -0.25) is 4.79 Å². The largest absolute Gasteiger partial charge is 0.368 e. The van der Waals surface area contributed by atoms with Crippen LogP contribution in [0.15, 0.2) is 6.07 Å². The van der Waals surface area contributed by atoms with E-state index in [4.69, 9.17) is 11.6 Å². The normalized spacial score (nSPS) is 18.8. The highest BCUT2D eigenvalue weighted by atomic mass is 35.5. The topological polar surface area (TPSA) is 66.9 Å². The molecule has 1 aromatic rings. The van der Waals surface area contributed by atoms with Gasteiger partial charge in [0.15, 0.2) is 0 Å². The van der Waals surface area contributed by atoms with Gasteiger partial charge in [-0.05, 0) is 12.8 Å². The van der Waals surface area contributed by atoms with Gasteiger partial charge in [0.05, 0.1) is 0 Å². The number of carbonyl (C=O) groups is 1. The molecule has 1 aliphatic rings. The molecular formula is C12H17ClN4O. The lowest BCUT2D eigenvalue weighted by Crippen LogP contribution is -2.32. The van der Waals surface area contributed by atoms with Crippen LogP contribution < -0.4 is 10.6 Å². The summed E-state index contributed by atoms with van der Waals surface area (Å²) in [7, 11) is 0. The highest BCUT2D eigenvalue weighted by molar-refractivity contribution is 6.29. The maximum absolute atomic E-state index is 11.1. The van der Waals surface area contributed by atoms with Gasteiger partial charge < -0.3 is 10.6 Å². The second-order valence-corrected chi connectivity index (χ2v) is 4.81. The molecule has 18 heavy (non-hydrogen) atoms. The van der Waals surface area contributed by atoms with Crippen molar-refractivity contribution in [2.75, 3.05) is 11.9 Å². The van der Waals surface area contributed by atoms with Crippen LogP contribution in [0.1, 0.15) is 32.0 Å². The minimum Gasteiger partial charge on any atom is -0.368 e. The average molecular weight is 269 g/mol. The summed E-state index contributed by atoms with van der Waals surface area (Å²) >= 11 is 5.94. The Balaban J connectivity index is 1.94. The first-order valence-corrected chi connectivity index (χ1v) is 6.62. The van der Waals surface area contributed by atoms with E-state index in [0.29, 0.717) is 18.1 Å². The van der Waals surface area contributed by atoms with Gasteiger partial charge in [0.2, 0.25) is 5.91 Å². The molecule has 1 saturated heterocycles. The van der Waals surface area contributed by atoms with Crippen molar-refractivity contribution in [1.29, 1.82) is 0 Å². The predicted octanol–water partition coefficient (Wildman–Crippen LogP) is 1.77. The lowest BCUT2D eigenvalue weighted by atomic mass is 10.2. The number of aromatic nitrogens is 2. The van der Waals surface area contributed by atoms with E-state index in [9.17, 15) is 4.79 Å². The minimum atomic E-state index is 0.120. The fraction of sp³-hybridized carbons (Fsp3) is 0.583. The molecule has 2 rings (SSSR count). The molecule has 1 aliphatic heterocycles. The summed E-state index contributed by atoms with van der Waals surface area (Å²) in [4.78, 5) is 19.6. The van der Waals surface area contributed by atoms with Gasteiger partial charge in [-0.1, -0.05) is 18.5 Å². The average Bonchev–Trinajstić information content (AvgIpc) is 2.72. The lowest BCUT2D eigenvalue weighted by Gasteiger charge is -2.12. The van der Waals surface area contributed by atoms with E-state index >= 15 is 0 Å². The third-order valence-electron chi connectivity index (χ3n) is 2.83. The van der Waals surface area contributed by atoms with Gasteiger partial charge in [-0.2, -0.15) is 0 Å². The number of amides is 1. The quantitative estimate of drug-likeness (QED) is 0.799. The SMILES string of the molecule is CCCc1nc(Cl)cc(NCC2CCC(=O)N2)n1. The Morgan fingerprint density at radius 1 is 1.56 bits per heavy atom. The van der Waals surface area contributed by atoms with E-state index in [1.54, 1.807) is 6.07 Å². The van der Waals surface area contributed by atoms with Crippen molar-refractivity contribution in [1.82, 2.24) is 15.3 Å². The van der Waals surface area contributed by atoms with E-state index < -0.39 is 0 Å². The maximum Gasteiger partial charge on any atom is 0.220 e. The van der Waals surface area contributed by atoms with Gasteiger partial charge in [-0.25, -0.2) is 9.97 Å². The smallest absolute Gasteiger partial charge is 0.220 e. The van der Waals surface area contributed by atoms with Gasteiger partial charge in [0.25, 0.3) is 0 Å². The Morgan fingerprint density at radius 2 is 2.39 bits per heavy atom. The van der Waals surface area contributed by atoms with Gasteiger partial charge in [0.1, 0.15) is 16.8 Å². The van der Waals surface area contributed by atoms with Gasteiger partial charge in [-0.15, -0.1) is 0 Å². The Labute approximate surface area is 111 Å². The highest BCUT2D eigenvalue weighted by Gasteiger charge is 2.20. The fourth-order valence-electron chi connectivity index (χ4n) is 1.95. The number of rotatable bonds is 5. The molecule has 0 radical (unpaired) electrons. The summed E-state index contributed by atoms with van der Waals surface area (Å²) in [5.41, 5.74) is 0. The highest BCUT2D eigenvalue weighted by Crippen LogP contribution is 2.14. The first kappa shape index (κ1) is 13.1. The minimum absolute atomic E-state index is 0.120. The first-order valence-electron chi connectivity index (χ1n) is 6.24. The third-order valence-corrected chi connectivity index (χ3v) is 3.02. The molecule has 1 amide bonds. The van der Waals surface area contributed by atoms with Crippen LogP contribution in [0.4, 0.5) is 5.82 Å². The molecule has 0 aromatic carbocycles. The molecule has 0 saturated carbocycles. The zero-order chi connectivity index (χ0) is 13.0. The van der Waals surface area contributed by atoms with Crippen LogP contribution in [-0.4, -0.2) is 28.5 Å². The number of halogens is 1. The van der Waals surface area contributed by atoms with Crippen molar-refractivity contribution < 1.29 is 4.79 Å². The van der Waals surface area contributed by atoms with E-state index in [-0.39, 0.29) is 11.9 Å². The fourth-order valence-corrected chi connectivity index (χ4v) is 2.15. The number of hydrogen-bond acceptors (Lipinski definition) is 4. The molecule has 2 heterocycles. The molecule has 0 spiro atoms. The second kappa shape index (κ2) is 6.00. The Bertz CT molecular complexity index is 438. The van der Waals surface area contributed by atoms with Crippen molar-refractivity contribution in [3.8, 4) is 0 Å². The zero-order valence-electron chi connectivity index (χ0n) is 10.4. The van der Waals surface area contributed by atoms with Crippen molar-refractivity contribution in [2.24, 2.45) is 0 Å². The predicted molar refractivity (Wildman–Crippen MR) is 70.7 cm³/mol.